The largest absolute Gasteiger partial charge is 0.427 e. The van der Waals surface area contributed by atoms with Crippen LogP contribution in [0.3, 0.4) is 0 Å². The van der Waals surface area contributed by atoms with Crippen LogP contribution in [0, 0.1) is 59.2 Å². The summed E-state index contributed by atoms with van der Waals surface area (Å²) in [6, 6.07) is 78.4. The van der Waals surface area contributed by atoms with Crippen molar-refractivity contribution in [2.45, 2.75) is 49.4 Å². The Morgan fingerprint density at radius 3 is 0.882 bits per heavy atom. The second kappa shape index (κ2) is 27.5. The van der Waals surface area contributed by atoms with Gasteiger partial charge in [0.2, 0.25) is 0 Å². The summed E-state index contributed by atoms with van der Waals surface area (Å²) in [5.41, 5.74) is 7.77. The molecule has 0 spiro atoms. The van der Waals surface area contributed by atoms with Crippen LogP contribution in [-0.2, 0) is 20.4 Å². The third-order valence-electron chi connectivity index (χ3n) is 12.6. The predicted octanol–water partition coefficient (Wildman–Crippen LogP) is 15.3. The Balaban J connectivity index is 0.769. The third kappa shape index (κ3) is 13.5. The fourth-order valence-corrected chi connectivity index (χ4v) is 9.64. The summed E-state index contributed by atoms with van der Waals surface area (Å²) in [4.78, 5) is 25.6. The first kappa shape index (κ1) is 53.5. The van der Waals surface area contributed by atoms with Crippen LogP contribution < -0.4 is 9.47 Å². The topological polar surface area (TPSA) is 52.6 Å². The van der Waals surface area contributed by atoms with Crippen LogP contribution in [0.4, 0.5) is 0 Å². The zero-order chi connectivity index (χ0) is 52.7. The minimum atomic E-state index is -0.581. The molecule has 6 heteroatoms. The molecule has 0 radical (unpaired) electrons. The quantitative estimate of drug-likeness (QED) is 0.0318. The van der Waals surface area contributed by atoms with E-state index in [-0.39, 0.29) is 24.8 Å². The van der Waals surface area contributed by atoms with Gasteiger partial charge in [0.15, 0.2) is 0 Å². The summed E-state index contributed by atoms with van der Waals surface area (Å²) in [5, 5.41) is 0. The van der Waals surface area contributed by atoms with E-state index in [4.69, 9.17) is 9.47 Å². The predicted molar refractivity (Wildman–Crippen MR) is 312 cm³/mol. The van der Waals surface area contributed by atoms with E-state index in [0.29, 0.717) is 46.1 Å². The molecule has 0 amide bonds. The number of allylic oxidation sites excluding steroid dienone is 2. The Morgan fingerprint density at radius 2 is 0.579 bits per heavy atom. The standard InChI is InChI=1S/C70H50Br2O4/c71-65(43-27-5-2-1-3-7-29-45-67(73)75-63-51-47-61(48-52-63)69(55-31-15-9-16-32-55,56-33-17-10-18-34-56)57-35-19-11-20-36-57)66(72)44-28-6-4-8-30-46-68(74)76-64-53-49-62(50-54-64)70(58-37-21-12-22-38-58,59-39-23-13-24-40-59)60-41-25-14-26-42-60/h9-26,31-42,47-54H,7-8,29-30,45-46H2/b66-65+. The molecule has 0 bridgehead atoms. The summed E-state index contributed by atoms with van der Waals surface area (Å²) in [5.74, 6) is 28.7. The number of hydrogen-bond acceptors (Lipinski definition) is 4. The summed E-state index contributed by atoms with van der Waals surface area (Å²) in [6.45, 7) is 0. The molecule has 368 valence electrons. The third-order valence-corrected chi connectivity index (χ3v) is 14.3. The molecule has 0 atom stereocenters. The maximum absolute atomic E-state index is 12.8. The number of hydrogen-bond donors (Lipinski definition) is 0. The second-order valence-electron chi connectivity index (χ2n) is 17.4. The number of rotatable bonds is 16. The van der Waals surface area contributed by atoms with Crippen molar-refractivity contribution < 1.29 is 19.1 Å². The highest BCUT2D eigenvalue weighted by molar-refractivity contribution is 9.14. The van der Waals surface area contributed by atoms with Crippen molar-refractivity contribution >= 4 is 43.8 Å². The zero-order valence-electron chi connectivity index (χ0n) is 41.6. The Morgan fingerprint density at radius 1 is 0.329 bits per heavy atom. The van der Waals surface area contributed by atoms with Gasteiger partial charge in [0.05, 0.1) is 19.8 Å². The van der Waals surface area contributed by atoms with Gasteiger partial charge in [-0.15, -0.1) is 0 Å². The lowest BCUT2D eigenvalue weighted by atomic mass is 9.65. The van der Waals surface area contributed by atoms with Crippen molar-refractivity contribution in [3.8, 4) is 70.7 Å². The van der Waals surface area contributed by atoms with Gasteiger partial charge in [-0.1, -0.05) is 218 Å². The molecule has 0 saturated carbocycles. The number of ether oxygens (including phenoxy) is 2. The minimum Gasteiger partial charge on any atom is -0.427 e. The van der Waals surface area contributed by atoms with Gasteiger partial charge in [-0.3, -0.25) is 9.59 Å². The van der Waals surface area contributed by atoms with E-state index in [0.717, 1.165) is 44.5 Å². The molecule has 8 aromatic rings. The number of esters is 2. The molecular formula is C70H50Br2O4. The molecule has 0 saturated heterocycles. The van der Waals surface area contributed by atoms with E-state index in [1.807, 2.05) is 84.9 Å². The first-order valence-corrected chi connectivity index (χ1v) is 26.5. The lowest BCUT2D eigenvalue weighted by Gasteiger charge is -2.36. The molecule has 8 aromatic carbocycles. The lowest BCUT2D eigenvalue weighted by Crippen LogP contribution is -2.30. The van der Waals surface area contributed by atoms with Crippen molar-refractivity contribution in [1.82, 2.24) is 0 Å². The molecule has 0 N–H and O–H groups in total. The van der Waals surface area contributed by atoms with Crippen LogP contribution in [0.25, 0.3) is 0 Å². The van der Waals surface area contributed by atoms with Gasteiger partial charge in [0.1, 0.15) is 11.5 Å². The SMILES string of the molecule is O=C(CCCC#CC#CC#C/C(Br)=C(\Br)C#CC#CCCCC(=O)Oc1ccc(C(c2ccccc2)(c2ccccc2)c2ccccc2)cc1)Oc1ccc(C(c2ccccc2)(c2ccccc2)c2ccccc2)cc1. The molecule has 0 aliphatic carbocycles. The first-order chi connectivity index (χ1) is 37.4. The van der Waals surface area contributed by atoms with Crippen LogP contribution >= 0.6 is 31.9 Å². The maximum atomic E-state index is 12.8. The molecule has 0 fully saturated rings. The number of halogens is 2. The molecule has 0 heterocycles. The van der Waals surface area contributed by atoms with Gasteiger partial charge < -0.3 is 9.47 Å². The van der Waals surface area contributed by atoms with Gasteiger partial charge in [-0.25, -0.2) is 0 Å². The van der Waals surface area contributed by atoms with Gasteiger partial charge >= 0.3 is 11.9 Å². The lowest BCUT2D eigenvalue weighted by molar-refractivity contribution is -0.135. The summed E-state index contributed by atoms with van der Waals surface area (Å²) >= 11 is 6.84. The van der Waals surface area contributed by atoms with Crippen LogP contribution in [-0.4, -0.2) is 11.9 Å². The molecular weight excluding hydrogens is 1060 g/mol. The van der Waals surface area contributed by atoms with Crippen molar-refractivity contribution in [3.63, 3.8) is 0 Å². The normalized spacial score (nSPS) is 10.9. The average Bonchev–Trinajstić information content (AvgIpc) is 3.48. The summed E-state index contributed by atoms with van der Waals surface area (Å²) in [6.07, 6.45) is 2.46. The van der Waals surface area contributed by atoms with Gasteiger partial charge in [0.25, 0.3) is 0 Å². The summed E-state index contributed by atoms with van der Waals surface area (Å²) in [7, 11) is 0. The smallest absolute Gasteiger partial charge is 0.311 e. The van der Waals surface area contributed by atoms with E-state index >= 15 is 0 Å². The zero-order valence-corrected chi connectivity index (χ0v) is 44.7. The fourth-order valence-electron chi connectivity index (χ4n) is 9.24. The Bertz CT molecular complexity index is 3380. The Labute approximate surface area is 463 Å². The Hall–Kier alpha value is -8.80. The monoisotopic (exact) mass is 1110 g/mol. The molecule has 8 rings (SSSR count). The van der Waals surface area contributed by atoms with Gasteiger partial charge in [-0.2, -0.15) is 0 Å². The first-order valence-electron chi connectivity index (χ1n) is 24.9. The highest BCUT2D eigenvalue weighted by Crippen LogP contribution is 2.47. The molecule has 0 aromatic heterocycles. The molecule has 0 unspecified atom stereocenters. The minimum absolute atomic E-state index is 0.218. The van der Waals surface area contributed by atoms with Crippen molar-refractivity contribution in [1.29, 1.82) is 0 Å². The molecule has 4 nitrogen and oxygen atoms in total. The number of carbonyl (C=O) groups is 2. The van der Waals surface area contributed by atoms with E-state index in [2.05, 4.69) is 237 Å². The van der Waals surface area contributed by atoms with E-state index in [9.17, 15) is 9.59 Å². The highest BCUT2D eigenvalue weighted by Gasteiger charge is 2.39. The van der Waals surface area contributed by atoms with Crippen molar-refractivity contribution in [2.24, 2.45) is 0 Å². The van der Waals surface area contributed by atoms with E-state index in [1.54, 1.807) is 0 Å². The number of carbonyl (C=O) groups excluding carboxylic acids is 2. The Kier molecular flexibility index (Phi) is 19.3. The van der Waals surface area contributed by atoms with Crippen LogP contribution in [0.5, 0.6) is 11.5 Å². The maximum Gasteiger partial charge on any atom is 0.311 e. The number of benzene rings is 8. The second-order valence-corrected chi connectivity index (χ2v) is 19.0. The fraction of sp³-hybridized carbons (Fsp3) is 0.114. The molecule has 76 heavy (non-hydrogen) atoms. The van der Waals surface area contributed by atoms with Crippen molar-refractivity contribution in [2.75, 3.05) is 0 Å². The number of unbranched alkanes of at least 4 members (excludes halogenated alkanes) is 2. The molecule has 0 aliphatic rings. The van der Waals surface area contributed by atoms with E-state index < -0.39 is 10.8 Å². The summed E-state index contributed by atoms with van der Waals surface area (Å²) < 4.78 is 12.5. The van der Waals surface area contributed by atoms with Crippen LogP contribution in [0.15, 0.2) is 239 Å². The van der Waals surface area contributed by atoms with Crippen molar-refractivity contribution in [3.05, 3.63) is 284 Å². The van der Waals surface area contributed by atoms with Crippen LogP contribution in [0.1, 0.15) is 83.0 Å². The van der Waals surface area contributed by atoms with E-state index in [1.165, 1.54) is 0 Å². The average molecular weight is 1110 g/mol. The highest BCUT2D eigenvalue weighted by atomic mass is 79.9. The van der Waals surface area contributed by atoms with Gasteiger partial charge in [-0.05, 0) is 161 Å². The van der Waals surface area contributed by atoms with Gasteiger partial charge in [0, 0.05) is 25.7 Å². The molecule has 0 aliphatic heterocycles. The van der Waals surface area contributed by atoms with Crippen LogP contribution in [0.2, 0.25) is 0 Å².